The van der Waals surface area contributed by atoms with Gasteiger partial charge in [-0.05, 0) is 49.6 Å². The van der Waals surface area contributed by atoms with E-state index in [1.54, 1.807) is 19.4 Å². The first-order chi connectivity index (χ1) is 11.6. The van der Waals surface area contributed by atoms with Crippen molar-refractivity contribution in [2.24, 2.45) is 0 Å². The monoisotopic (exact) mass is 327 g/mol. The Balaban J connectivity index is 1.83. The van der Waals surface area contributed by atoms with Crippen molar-refractivity contribution in [3.05, 3.63) is 53.7 Å². The number of carbonyl (C=O) groups is 1. The fourth-order valence-electron chi connectivity index (χ4n) is 2.22. The number of hydrogen-bond acceptors (Lipinski definition) is 4. The Morgan fingerprint density at radius 1 is 1.29 bits per heavy atom. The maximum atomic E-state index is 12.2. The number of nitrogens with zero attached hydrogens (tertiary/aromatic N) is 1. The molecule has 1 amide bonds. The smallest absolute Gasteiger partial charge is 0.252 e. The predicted octanol–water partition coefficient (Wildman–Crippen LogP) is 3.27. The second-order valence-electron chi connectivity index (χ2n) is 5.74. The largest absolute Gasteiger partial charge is 0.497 e. The molecule has 128 valence electrons. The molecule has 1 atom stereocenters. The van der Waals surface area contributed by atoms with Crippen LogP contribution in [-0.2, 0) is 6.42 Å². The van der Waals surface area contributed by atoms with E-state index in [1.165, 1.54) is 0 Å². The lowest BCUT2D eigenvalue weighted by Gasteiger charge is -2.12. The highest BCUT2D eigenvalue weighted by Crippen LogP contribution is 2.12. The van der Waals surface area contributed by atoms with Crippen LogP contribution in [0.1, 0.15) is 36.2 Å². The van der Waals surface area contributed by atoms with E-state index < -0.39 is 0 Å². The molecule has 1 aromatic heterocycles. The third kappa shape index (κ3) is 5.26. The number of hydrogen-bond donors (Lipinski definition) is 2. The number of carbonyl (C=O) groups excluding carboxylic acids is 1. The first-order valence-electron chi connectivity index (χ1n) is 8.26. The molecule has 0 saturated heterocycles. The molecule has 0 fully saturated rings. The minimum Gasteiger partial charge on any atom is -0.497 e. The number of ether oxygens (including phenoxy) is 1. The van der Waals surface area contributed by atoms with Gasteiger partial charge in [0.25, 0.3) is 5.91 Å². The Labute approximate surface area is 143 Å². The van der Waals surface area contributed by atoms with Gasteiger partial charge in [0.2, 0.25) is 0 Å². The van der Waals surface area contributed by atoms with Crippen molar-refractivity contribution in [1.82, 2.24) is 10.3 Å². The van der Waals surface area contributed by atoms with Crippen LogP contribution < -0.4 is 15.4 Å². The first kappa shape index (κ1) is 17.8. The Hall–Kier alpha value is -2.56. The highest BCUT2D eigenvalue weighted by molar-refractivity contribution is 5.94. The van der Waals surface area contributed by atoms with Gasteiger partial charge in [-0.15, -0.1) is 0 Å². The van der Waals surface area contributed by atoms with E-state index in [1.807, 2.05) is 30.3 Å². The number of pyridine rings is 1. The SMILES string of the molecule is CCC(C)Nc1ccc(C(=O)NCCc2cccc(OC)c2)cn1. The highest BCUT2D eigenvalue weighted by Gasteiger charge is 2.07. The Bertz CT molecular complexity index is 656. The molecule has 0 aliphatic rings. The van der Waals surface area contributed by atoms with Crippen LogP contribution in [0.2, 0.25) is 0 Å². The third-order valence-corrected chi connectivity index (χ3v) is 3.87. The molecule has 2 rings (SSSR count). The van der Waals surface area contributed by atoms with Crippen LogP contribution in [0, 0.1) is 0 Å². The van der Waals surface area contributed by atoms with Gasteiger partial charge in [-0.1, -0.05) is 19.1 Å². The average Bonchev–Trinajstić information content (AvgIpc) is 2.62. The van der Waals surface area contributed by atoms with Crippen molar-refractivity contribution in [2.45, 2.75) is 32.7 Å². The summed E-state index contributed by atoms with van der Waals surface area (Å²) in [6.07, 6.45) is 3.38. The molecule has 5 nitrogen and oxygen atoms in total. The summed E-state index contributed by atoms with van der Waals surface area (Å²) in [5, 5.41) is 6.19. The maximum absolute atomic E-state index is 12.2. The lowest BCUT2D eigenvalue weighted by Crippen LogP contribution is -2.26. The summed E-state index contributed by atoms with van der Waals surface area (Å²) in [4.78, 5) is 16.4. The Morgan fingerprint density at radius 2 is 2.12 bits per heavy atom. The molecular formula is C19H25N3O2. The van der Waals surface area contributed by atoms with Crippen LogP contribution >= 0.6 is 0 Å². The highest BCUT2D eigenvalue weighted by atomic mass is 16.5. The Morgan fingerprint density at radius 3 is 2.79 bits per heavy atom. The van der Waals surface area contributed by atoms with Crippen LogP contribution in [0.4, 0.5) is 5.82 Å². The van der Waals surface area contributed by atoms with E-state index in [0.717, 1.165) is 30.0 Å². The van der Waals surface area contributed by atoms with Crippen LogP contribution in [0.25, 0.3) is 0 Å². The van der Waals surface area contributed by atoms with Crippen molar-refractivity contribution in [3.8, 4) is 5.75 Å². The summed E-state index contributed by atoms with van der Waals surface area (Å²) >= 11 is 0. The van der Waals surface area contributed by atoms with Gasteiger partial charge in [0.1, 0.15) is 11.6 Å². The summed E-state index contributed by atoms with van der Waals surface area (Å²) in [6.45, 7) is 4.78. The van der Waals surface area contributed by atoms with E-state index in [2.05, 4.69) is 29.5 Å². The average molecular weight is 327 g/mol. The van der Waals surface area contributed by atoms with Crippen LogP contribution in [0.5, 0.6) is 5.75 Å². The summed E-state index contributed by atoms with van der Waals surface area (Å²) in [5.74, 6) is 1.50. The normalized spacial score (nSPS) is 11.6. The van der Waals surface area contributed by atoms with Crippen molar-refractivity contribution in [2.75, 3.05) is 19.0 Å². The van der Waals surface area contributed by atoms with Crippen LogP contribution in [-0.4, -0.2) is 30.6 Å². The minimum absolute atomic E-state index is 0.111. The maximum Gasteiger partial charge on any atom is 0.252 e. The number of rotatable bonds is 8. The van der Waals surface area contributed by atoms with Gasteiger partial charge in [-0.3, -0.25) is 4.79 Å². The quantitative estimate of drug-likeness (QED) is 0.781. The second kappa shape index (κ2) is 8.91. The lowest BCUT2D eigenvalue weighted by molar-refractivity contribution is 0.0954. The fourth-order valence-corrected chi connectivity index (χ4v) is 2.22. The van der Waals surface area contributed by atoms with Crippen molar-refractivity contribution in [1.29, 1.82) is 0 Å². The fraction of sp³-hybridized carbons (Fsp3) is 0.368. The molecule has 1 unspecified atom stereocenters. The molecule has 0 radical (unpaired) electrons. The molecule has 1 heterocycles. The summed E-state index contributed by atoms with van der Waals surface area (Å²) < 4.78 is 5.20. The molecule has 0 spiro atoms. The first-order valence-corrected chi connectivity index (χ1v) is 8.26. The second-order valence-corrected chi connectivity index (χ2v) is 5.74. The predicted molar refractivity (Wildman–Crippen MR) is 96.6 cm³/mol. The molecule has 0 bridgehead atoms. The molecule has 1 aromatic carbocycles. The van der Waals surface area contributed by atoms with E-state index in [-0.39, 0.29) is 5.91 Å². The number of nitrogens with one attached hydrogen (secondary N) is 2. The molecule has 0 saturated carbocycles. The zero-order valence-corrected chi connectivity index (χ0v) is 14.5. The third-order valence-electron chi connectivity index (χ3n) is 3.87. The number of methoxy groups -OCH3 is 1. The van der Waals surface area contributed by atoms with Gasteiger partial charge in [-0.25, -0.2) is 4.98 Å². The van der Waals surface area contributed by atoms with E-state index in [4.69, 9.17) is 4.74 Å². The van der Waals surface area contributed by atoms with Gasteiger partial charge in [-0.2, -0.15) is 0 Å². The standard InChI is InChI=1S/C19H25N3O2/c1-4-14(2)22-18-9-8-16(13-21-18)19(23)20-11-10-15-6-5-7-17(12-15)24-3/h5-9,12-14H,4,10-11H2,1-3H3,(H,20,23)(H,21,22). The summed E-state index contributed by atoms with van der Waals surface area (Å²) in [7, 11) is 1.65. The van der Waals surface area contributed by atoms with Gasteiger partial charge >= 0.3 is 0 Å². The van der Waals surface area contributed by atoms with Crippen molar-refractivity contribution >= 4 is 11.7 Å². The topological polar surface area (TPSA) is 63.2 Å². The van der Waals surface area contributed by atoms with E-state index in [9.17, 15) is 4.79 Å². The zero-order valence-electron chi connectivity index (χ0n) is 14.5. The van der Waals surface area contributed by atoms with Gasteiger partial charge in [0.05, 0.1) is 12.7 Å². The molecule has 24 heavy (non-hydrogen) atoms. The van der Waals surface area contributed by atoms with Gasteiger partial charge in [0, 0.05) is 18.8 Å². The molecule has 0 aliphatic carbocycles. The van der Waals surface area contributed by atoms with E-state index >= 15 is 0 Å². The summed E-state index contributed by atoms with van der Waals surface area (Å²) in [5.41, 5.74) is 1.69. The molecule has 2 N–H and O–H groups in total. The van der Waals surface area contributed by atoms with Crippen molar-refractivity contribution < 1.29 is 9.53 Å². The molecule has 5 heteroatoms. The molecular weight excluding hydrogens is 302 g/mol. The lowest BCUT2D eigenvalue weighted by atomic mass is 10.1. The number of benzene rings is 1. The zero-order chi connectivity index (χ0) is 17.4. The number of aromatic nitrogens is 1. The van der Waals surface area contributed by atoms with Crippen LogP contribution in [0.15, 0.2) is 42.6 Å². The van der Waals surface area contributed by atoms with Crippen LogP contribution in [0.3, 0.4) is 0 Å². The Kier molecular flexibility index (Phi) is 6.61. The van der Waals surface area contributed by atoms with E-state index in [0.29, 0.717) is 18.2 Å². The minimum atomic E-state index is -0.111. The number of anilines is 1. The molecule has 0 aliphatic heterocycles. The summed E-state index contributed by atoms with van der Waals surface area (Å²) in [6, 6.07) is 11.8. The molecule has 2 aromatic rings. The van der Waals surface area contributed by atoms with Gasteiger partial charge in [0.15, 0.2) is 0 Å². The number of amides is 1. The van der Waals surface area contributed by atoms with Gasteiger partial charge < -0.3 is 15.4 Å². The van der Waals surface area contributed by atoms with Crippen molar-refractivity contribution in [3.63, 3.8) is 0 Å².